The first-order valence-electron chi connectivity index (χ1n) is 8.58. The zero-order valence-corrected chi connectivity index (χ0v) is 16.4. The van der Waals surface area contributed by atoms with E-state index in [9.17, 15) is 9.59 Å². The van der Waals surface area contributed by atoms with Crippen LogP contribution in [0, 0.1) is 6.92 Å². The lowest BCUT2D eigenvalue weighted by atomic mass is 10.2. The molecule has 12 nitrogen and oxygen atoms in total. The van der Waals surface area contributed by atoms with Crippen LogP contribution in [0.1, 0.15) is 19.7 Å². The van der Waals surface area contributed by atoms with E-state index in [1.165, 1.54) is 4.90 Å². The van der Waals surface area contributed by atoms with Crippen molar-refractivity contribution >= 4 is 40.4 Å². The van der Waals surface area contributed by atoms with Crippen molar-refractivity contribution in [1.29, 1.82) is 0 Å². The lowest BCUT2D eigenvalue weighted by molar-refractivity contribution is -0.135. The second-order valence-electron chi connectivity index (χ2n) is 6.85. The van der Waals surface area contributed by atoms with Crippen LogP contribution in [0.4, 0.5) is 5.95 Å². The van der Waals surface area contributed by atoms with E-state index in [0.29, 0.717) is 28.7 Å². The molecule has 2 aliphatic rings. The number of rotatable bonds is 3. The van der Waals surface area contributed by atoms with Crippen LogP contribution < -0.4 is 10.6 Å². The van der Waals surface area contributed by atoms with Crippen LogP contribution in [0.2, 0.25) is 0 Å². The van der Waals surface area contributed by atoms with E-state index in [1.807, 2.05) is 0 Å². The molecule has 2 aliphatic heterocycles. The summed E-state index contributed by atoms with van der Waals surface area (Å²) >= 11 is 0. The molecule has 12 heteroatoms. The molecular formula is C16H20N10O2. The van der Waals surface area contributed by atoms with E-state index in [4.69, 9.17) is 0 Å². The van der Waals surface area contributed by atoms with Crippen LogP contribution >= 0.6 is 0 Å². The monoisotopic (exact) mass is 384 g/mol. The first-order chi connectivity index (χ1) is 13.1. The summed E-state index contributed by atoms with van der Waals surface area (Å²) in [6.45, 7) is 5.23. The number of hydrogen-bond donors (Lipinski definition) is 2. The van der Waals surface area contributed by atoms with Gasteiger partial charge in [-0.15, -0.1) is 0 Å². The minimum absolute atomic E-state index is 0.230. The predicted molar refractivity (Wildman–Crippen MR) is 105 cm³/mol. The van der Waals surface area contributed by atoms with Crippen molar-refractivity contribution in [3.05, 3.63) is 16.2 Å². The zero-order chi connectivity index (χ0) is 20.4. The fraction of sp³-hybridized carbons (Fsp3) is 0.438. The number of hydrazine groups is 1. The first-order valence-corrected chi connectivity index (χ1v) is 8.58. The average molecular weight is 384 g/mol. The summed E-state index contributed by atoms with van der Waals surface area (Å²) in [6, 6.07) is 0. The summed E-state index contributed by atoms with van der Waals surface area (Å²) in [6.07, 6.45) is 0. The molecule has 0 fully saturated rings. The van der Waals surface area contributed by atoms with E-state index < -0.39 is 5.79 Å². The smallest absolute Gasteiger partial charge is 0.279 e. The van der Waals surface area contributed by atoms with Crippen LogP contribution in [0.3, 0.4) is 0 Å². The third-order valence-corrected chi connectivity index (χ3v) is 5.05. The Morgan fingerprint density at radius 2 is 1.79 bits per heavy atom. The van der Waals surface area contributed by atoms with Crippen LogP contribution in [0.25, 0.3) is 11.2 Å². The molecule has 0 saturated carbocycles. The second-order valence-corrected chi connectivity index (χ2v) is 6.85. The highest BCUT2D eigenvalue weighted by Crippen LogP contribution is 2.28. The lowest BCUT2D eigenvalue weighted by Crippen LogP contribution is -2.65. The van der Waals surface area contributed by atoms with Crippen molar-refractivity contribution in [2.45, 2.75) is 26.6 Å². The van der Waals surface area contributed by atoms with Gasteiger partial charge in [-0.2, -0.15) is 9.99 Å². The van der Waals surface area contributed by atoms with Crippen molar-refractivity contribution in [2.75, 3.05) is 26.2 Å². The molecule has 0 spiro atoms. The minimum atomic E-state index is -1.11. The van der Waals surface area contributed by atoms with Crippen LogP contribution in [0.5, 0.6) is 0 Å². The Morgan fingerprint density at radius 3 is 2.50 bits per heavy atom. The number of carbonyl (C=O) groups is 1. The molecule has 2 N–H and O–H groups in total. The molecule has 4 heterocycles. The Kier molecular flexibility index (Phi) is 3.72. The van der Waals surface area contributed by atoms with Gasteiger partial charge >= 0.3 is 0 Å². The molecule has 1 atom stereocenters. The summed E-state index contributed by atoms with van der Waals surface area (Å²) in [7, 11) is 5.08. The van der Waals surface area contributed by atoms with Gasteiger partial charge in [0, 0.05) is 21.1 Å². The molecule has 28 heavy (non-hydrogen) atoms. The maximum atomic E-state index is 12.8. The molecule has 2 aromatic heterocycles. The summed E-state index contributed by atoms with van der Waals surface area (Å²) in [4.78, 5) is 53.9. The lowest BCUT2D eigenvalue weighted by Gasteiger charge is -2.47. The number of amides is 1. The Labute approximate surface area is 159 Å². The first kappa shape index (κ1) is 18.0. The highest BCUT2D eigenvalue weighted by Gasteiger charge is 2.46. The standard InChI is InChI=1S/C16H20N10O2/c1-7-17-9-11(19-7)21-15(22-13(9)27)25(5)26(6)16(3)23-12-10(14(28)24(16)4)18-8(2)20-12/h1-6H3,(H2,17,19,21,22,27). The van der Waals surface area contributed by atoms with Gasteiger partial charge < -0.3 is 9.88 Å². The Hall–Kier alpha value is -3.41. The van der Waals surface area contributed by atoms with E-state index in [0.717, 1.165) is 0 Å². The third-order valence-electron chi connectivity index (χ3n) is 5.05. The average Bonchev–Trinajstić information content (AvgIpc) is 3.20. The van der Waals surface area contributed by atoms with E-state index >= 15 is 0 Å². The van der Waals surface area contributed by atoms with E-state index in [-0.39, 0.29) is 23.1 Å². The largest absolute Gasteiger partial charge is 0.336 e. The van der Waals surface area contributed by atoms with E-state index in [2.05, 4.69) is 34.9 Å². The molecule has 0 aliphatic carbocycles. The quantitative estimate of drug-likeness (QED) is 0.694. The number of aliphatic imine (C=N–C) groups is 3. The molecule has 0 saturated heterocycles. The van der Waals surface area contributed by atoms with Crippen molar-refractivity contribution in [2.24, 2.45) is 15.0 Å². The summed E-state index contributed by atoms with van der Waals surface area (Å²) in [5.74, 6) is 0.249. The number of hydrogen-bond acceptors (Lipinski definition) is 9. The van der Waals surface area contributed by atoms with Crippen molar-refractivity contribution in [3.8, 4) is 0 Å². The van der Waals surface area contributed by atoms with Gasteiger partial charge in [-0.1, -0.05) is 0 Å². The SMILES string of the molecule is CC1=NC2=NC(C)(N(C)N(C)c3nc4nc(C)[nH]c4c(=O)[nH]3)N(C)C(=O)C2=N1. The number of aromatic nitrogens is 4. The number of nitrogens with zero attached hydrogens (tertiary/aromatic N) is 8. The number of aryl methyl sites for hydroxylation is 1. The number of nitrogens with one attached hydrogen (secondary N) is 2. The highest BCUT2D eigenvalue weighted by atomic mass is 16.2. The van der Waals surface area contributed by atoms with Crippen LogP contribution in [0.15, 0.2) is 19.8 Å². The topological polar surface area (TPSA) is 138 Å². The number of imidazole rings is 1. The van der Waals surface area contributed by atoms with Crippen LogP contribution in [-0.2, 0) is 4.79 Å². The molecule has 146 valence electrons. The molecule has 2 aromatic rings. The predicted octanol–water partition coefficient (Wildman–Crippen LogP) is -0.345. The molecule has 1 unspecified atom stereocenters. The maximum Gasteiger partial charge on any atom is 0.279 e. The van der Waals surface area contributed by atoms with Gasteiger partial charge in [0.1, 0.15) is 11.7 Å². The third kappa shape index (κ3) is 2.45. The number of fused-ring (bicyclic) bond motifs is 2. The van der Waals surface area contributed by atoms with Gasteiger partial charge in [0.25, 0.3) is 11.5 Å². The van der Waals surface area contributed by atoms with E-state index in [1.54, 1.807) is 51.9 Å². The maximum absolute atomic E-state index is 12.8. The molecule has 1 amide bonds. The molecule has 0 aromatic carbocycles. The van der Waals surface area contributed by atoms with Gasteiger partial charge in [-0.3, -0.25) is 19.6 Å². The Morgan fingerprint density at radius 1 is 1.07 bits per heavy atom. The van der Waals surface area contributed by atoms with Crippen molar-refractivity contribution in [1.82, 2.24) is 29.8 Å². The number of anilines is 1. The van der Waals surface area contributed by atoms with Crippen LogP contribution in [-0.4, -0.2) is 80.1 Å². The van der Waals surface area contributed by atoms with Crippen molar-refractivity contribution < 1.29 is 4.79 Å². The summed E-state index contributed by atoms with van der Waals surface area (Å²) in [5.41, 5.74) is 0.515. The van der Waals surface area contributed by atoms with Gasteiger partial charge in [0.15, 0.2) is 22.7 Å². The number of carbonyl (C=O) groups excluding carboxylic acids is 1. The zero-order valence-electron chi connectivity index (χ0n) is 16.4. The fourth-order valence-electron chi connectivity index (χ4n) is 3.17. The minimum Gasteiger partial charge on any atom is -0.336 e. The molecule has 0 radical (unpaired) electrons. The second kappa shape index (κ2) is 5.79. The molecule has 4 rings (SSSR count). The van der Waals surface area contributed by atoms with Crippen molar-refractivity contribution in [3.63, 3.8) is 0 Å². The fourth-order valence-corrected chi connectivity index (χ4v) is 3.17. The number of aromatic amines is 2. The molecule has 0 bridgehead atoms. The van der Waals surface area contributed by atoms with Gasteiger partial charge in [-0.25, -0.2) is 20.0 Å². The molecular weight excluding hydrogens is 364 g/mol. The Balaban J connectivity index is 1.76. The normalized spacial score (nSPS) is 21.8. The van der Waals surface area contributed by atoms with Gasteiger partial charge in [0.2, 0.25) is 11.7 Å². The van der Waals surface area contributed by atoms with Gasteiger partial charge in [0.05, 0.1) is 0 Å². The number of H-pyrrole nitrogens is 2. The summed E-state index contributed by atoms with van der Waals surface area (Å²) < 4.78 is 0. The summed E-state index contributed by atoms with van der Waals surface area (Å²) in [5, 5.41) is 3.29. The van der Waals surface area contributed by atoms with Gasteiger partial charge in [-0.05, 0) is 20.8 Å². The number of amidine groups is 2. The Bertz CT molecular complexity index is 1160. The highest BCUT2D eigenvalue weighted by molar-refractivity contribution is 6.70.